The van der Waals surface area contributed by atoms with Crippen LogP contribution in [-0.2, 0) is 0 Å². The molecule has 0 radical (unpaired) electrons. The fourth-order valence-corrected chi connectivity index (χ4v) is 3.67. The Balaban J connectivity index is 2.10. The quantitative estimate of drug-likeness (QED) is 0.623. The van der Waals surface area contributed by atoms with Crippen LogP contribution in [0.1, 0.15) is 16.8 Å². The first-order valence-corrected chi connectivity index (χ1v) is 7.77. The van der Waals surface area contributed by atoms with Crippen LogP contribution in [0.4, 0.5) is 0 Å². The zero-order valence-electron chi connectivity index (χ0n) is 11.8. The predicted octanol–water partition coefficient (Wildman–Crippen LogP) is 5.90. The van der Waals surface area contributed by atoms with Crippen molar-refractivity contribution in [2.45, 2.75) is 30.6 Å². The first-order chi connectivity index (χ1) is 9.54. The van der Waals surface area contributed by atoms with Gasteiger partial charge in [-0.1, -0.05) is 35.0 Å². The van der Waals surface area contributed by atoms with Crippen LogP contribution in [0.3, 0.4) is 0 Å². The van der Waals surface area contributed by atoms with Gasteiger partial charge in [0.2, 0.25) is 0 Å². The maximum absolute atomic E-state index is 6.03. The lowest BCUT2D eigenvalue weighted by Crippen LogP contribution is -1.81. The highest BCUT2D eigenvalue weighted by molar-refractivity contribution is 7.99. The molecule has 20 heavy (non-hydrogen) atoms. The number of halogens is 1. The second-order valence-corrected chi connectivity index (χ2v) is 6.63. The summed E-state index contributed by atoms with van der Waals surface area (Å²) in [6, 6.07) is 12.6. The number of aromatic nitrogens is 1. The van der Waals surface area contributed by atoms with Gasteiger partial charge in [-0.05, 0) is 56.7 Å². The van der Waals surface area contributed by atoms with Crippen LogP contribution in [0.2, 0.25) is 5.02 Å². The van der Waals surface area contributed by atoms with E-state index >= 15 is 0 Å². The summed E-state index contributed by atoms with van der Waals surface area (Å²) < 4.78 is 0. The van der Waals surface area contributed by atoms with Crippen LogP contribution < -0.4 is 0 Å². The lowest BCUT2D eigenvalue weighted by Gasteiger charge is -2.06. The Hall–Kier alpha value is -1.38. The normalized spacial score (nSPS) is 11.2. The van der Waals surface area contributed by atoms with Gasteiger partial charge in [0.05, 0.1) is 0 Å². The third-order valence-corrected chi connectivity index (χ3v) is 5.07. The van der Waals surface area contributed by atoms with Gasteiger partial charge in [-0.3, -0.25) is 0 Å². The van der Waals surface area contributed by atoms with Crippen molar-refractivity contribution in [3.63, 3.8) is 0 Å². The number of hydrogen-bond acceptors (Lipinski definition) is 1. The summed E-state index contributed by atoms with van der Waals surface area (Å²) in [7, 11) is 0. The van der Waals surface area contributed by atoms with E-state index in [1.807, 2.05) is 12.1 Å². The molecule has 0 atom stereocenters. The van der Waals surface area contributed by atoms with Crippen LogP contribution in [-0.4, -0.2) is 4.98 Å². The maximum Gasteiger partial charge on any atom is 0.0467 e. The number of nitrogens with one attached hydrogen (secondary N) is 1. The molecule has 0 unspecified atom stereocenters. The van der Waals surface area contributed by atoms with Crippen LogP contribution in [0.25, 0.3) is 10.9 Å². The highest BCUT2D eigenvalue weighted by Gasteiger charge is 2.11. The summed E-state index contributed by atoms with van der Waals surface area (Å²) in [5, 5.41) is 2.08. The Morgan fingerprint density at radius 2 is 1.80 bits per heavy atom. The minimum Gasteiger partial charge on any atom is -0.358 e. The standard InChI is InChI=1S/C17H16ClNS/c1-10-4-6-15-14(8-10)17(12(3)19-15)20-16-7-5-13(18)9-11(16)2/h4-9,19H,1-3H3. The fraction of sp³-hybridized carbons (Fsp3) is 0.176. The van der Waals surface area contributed by atoms with Crippen LogP contribution in [0, 0.1) is 20.8 Å². The van der Waals surface area contributed by atoms with Crippen molar-refractivity contribution >= 4 is 34.3 Å². The van der Waals surface area contributed by atoms with Gasteiger partial charge in [-0.15, -0.1) is 0 Å². The molecular formula is C17H16ClNS. The number of fused-ring (bicyclic) bond motifs is 1. The summed E-state index contributed by atoms with van der Waals surface area (Å²) in [6.45, 7) is 6.36. The molecule has 2 aromatic carbocycles. The molecule has 102 valence electrons. The van der Waals surface area contributed by atoms with Crippen molar-refractivity contribution in [2.75, 3.05) is 0 Å². The lowest BCUT2D eigenvalue weighted by atomic mass is 10.2. The lowest BCUT2D eigenvalue weighted by molar-refractivity contribution is 1.22. The van der Waals surface area contributed by atoms with Crippen molar-refractivity contribution in [1.29, 1.82) is 0 Å². The molecule has 0 amide bonds. The van der Waals surface area contributed by atoms with Gasteiger partial charge < -0.3 is 4.98 Å². The molecule has 0 fully saturated rings. The summed E-state index contributed by atoms with van der Waals surface area (Å²) in [5.74, 6) is 0. The van der Waals surface area contributed by atoms with Crippen molar-refractivity contribution in [1.82, 2.24) is 4.98 Å². The highest BCUT2D eigenvalue weighted by atomic mass is 35.5. The Morgan fingerprint density at radius 1 is 1.00 bits per heavy atom. The number of aryl methyl sites for hydroxylation is 3. The summed E-state index contributed by atoms with van der Waals surface area (Å²) in [6.07, 6.45) is 0. The number of hydrogen-bond donors (Lipinski definition) is 1. The second kappa shape index (κ2) is 5.19. The first kappa shape index (κ1) is 13.6. The topological polar surface area (TPSA) is 15.8 Å². The molecule has 0 spiro atoms. The van der Waals surface area contributed by atoms with Gasteiger partial charge in [0.25, 0.3) is 0 Å². The van der Waals surface area contributed by atoms with Crippen molar-refractivity contribution in [3.8, 4) is 0 Å². The zero-order chi connectivity index (χ0) is 14.3. The van der Waals surface area contributed by atoms with E-state index in [1.165, 1.54) is 37.5 Å². The summed E-state index contributed by atoms with van der Waals surface area (Å²) in [4.78, 5) is 6.01. The molecule has 3 aromatic rings. The molecule has 0 saturated heterocycles. The number of benzene rings is 2. The molecular weight excluding hydrogens is 286 g/mol. The van der Waals surface area contributed by atoms with Crippen molar-refractivity contribution in [3.05, 3.63) is 58.2 Å². The van der Waals surface area contributed by atoms with E-state index < -0.39 is 0 Å². The smallest absolute Gasteiger partial charge is 0.0467 e. The van der Waals surface area contributed by atoms with Gasteiger partial charge in [-0.25, -0.2) is 0 Å². The molecule has 1 nitrogen and oxygen atoms in total. The Morgan fingerprint density at radius 3 is 2.55 bits per heavy atom. The van der Waals surface area contributed by atoms with E-state index in [0.29, 0.717) is 0 Å². The summed E-state index contributed by atoms with van der Waals surface area (Å²) in [5.41, 5.74) is 4.90. The molecule has 1 N–H and O–H groups in total. The average molecular weight is 302 g/mol. The molecule has 0 aliphatic heterocycles. The number of rotatable bonds is 2. The van der Waals surface area contributed by atoms with Gasteiger partial charge in [0.15, 0.2) is 0 Å². The minimum atomic E-state index is 0.790. The Labute approximate surface area is 128 Å². The third kappa shape index (κ3) is 2.46. The van der Waals surface area contributed by atoms with Crippen LogP contribution in [0.5, 0.6) is 0 Å². The molecule has 3 rings (SSSR count). The van der Waals surface area contributed by atoms with E-state index in [9.17, 15) is 0 Å². The monoisotopic (exact) mass is 301 g/mol. The zero-order valence-corrected chi connectivity index (χ0v) is 13.3. The first-order valence-electron chi connectivity index (χ1n) is 6.57. The SMILES string of the molecule is Cc1ccc2[nH]c(C)c(Sc3ccc(Cl)cc3C)c2c1. The van der Waals surface area contributed by atoms with E-state index in [4.69, 9.17) is 11.6 Å². The number of H-pyrrole nitrogens is 1. The van der Waals surface area contributed by atoms with Gasteiger partial charge in [0.1, 0.15) is 0 Å². The average Bonchev–Trinajstić information content (AvgIpc) is 2.69. The van der Waals surface area contributed by atoms with Crippen LogP contribution >= 0.6 is 23.4 Å². The third-order valence-electron chi connectivity index (χ3n) is 3.43. The molecule has 1 heterocycles. The largest absolute Gasteiger partial charge is 0.358 e. The Kier molecular flexibility index (Phi) is 3.53. The molecule has 0 aliphatic rings. The second-order valence-electron chi connectivity index (χ2n) is 5.14. The molecule has 0 bridgehead atoms. The van der Waals surface area contributed by atoms with Gasteiger partial charge in [0, 0.05) is 31.4 Å². The minimum absolute atomic E-state index is 0.790. The van der Waals surface area contributed by atoms with Crippen molar-refractivity contribution in [2.24, 2.45) is 0 Å². The Bertz CT molecular complexity index is 789. The van der Waals surface area contributed by atoms with Gasteiger partial charge in [-0.2, -0.15) is 0 Å². The molecule has 0 saturated carbocycles. The van der Waals surface area contributed by atoms with Crippen molar-refractivity contribution < 1.29 is 0 Å². The molecule has 3 heteroatoms. The van der Waals surface area contributed by atoms with E-state index in [2.05, 4.69) is 50.0 Å². The van der Waals surface area contributed by atoms with E-state index in [-0.39, 0.29) is 0 Å². The molecule has 1 aromatic heterocycles. The van der Waals surface area contributed by atoms with Crippen LogP contribution in [0.15, 0.2) is 46.2 Å². The van der Waals surface area contributed by atoms with E-state index in [0.717, 1.165) is 5.02 Å². The van der Waals surface area contributed by atoms with E-state index in [1.54, 1.807) is 11.8 Å². The predicted molar refractivity (Wildman–Crippen MR) is 88.1 cm³/mol. The fourth-order valence-electron chi connectivity index (χ4n) is 2.38. The summed E-state index contributed by atoms with van der Waals surface area (Å²) >= 11 is 7.84. The maximum atomic E-state index is 6.03. The van der Waals surface area contributed by atoms with Gasteiger partial charge >= 0.3 is 0 Å². The number of aromatic amines is 1. The molecule has 0 aliphatic carbocycles. The highest BCUT2D eigenvalue weighted by Crippen LogP contribution is 2.38.